The van der Waals surface area contributed by atoms with Crippen molar-refractivity contribution in [3.8, 4) is 0 Å². The molecule has 0 aromatic carbocycles. The van der Waals surface area contributed by atoms with Gasteiger partial charge < -0.3 is 10.6 Å². The van der Waals surface area contributed by atoms with Crippen LogP contribution in [0, 0.1) is 6.92 Å². The van der Waals surface area contributed by atoms with Crippen LogP contribution >= 0.6 is 0 Å². The predicted octanol–water partition coefficient (Wildman–Crippen LogP) is 0.957. The molecule has 16 heavy (non-hydrogen) atoms. The number of hydrogen-bond acceptors (Lipinski definition) is 3. The van der Waals surface area contributed by atoms with Crippen molar-refractivity contribution in [1.29, 1.82) is 0 Å². The van der Waals surface area contributed by atoms with Crippen LogP contribution in [0.15, 0.2) is 6.20 Å². The molecule has 0 bridgehead atoms. The van der Waals surface area contributed by atoms with E-state index in [1.807, 2.05) is 24.9 Å². The highest BCUT2D eigenvalue weighted by molar-refractivity contribution is 5.80. The lowest BCUT2D eigenvalue weighted by molar-refractivity contribution is -0.133. The molecule has 2 N–H and O–H groups in total. The molecule has 5 nitrogen and oxygen atoms in total. The molecule has 1 aliphatic heterocycles. The van der Waals surface area contributed by atoms with Crippen molar-refractivity contribution in [1.82, 2.24) is 14.7 Å². The van der Waals surface area contributed by atoms with Crippen molar-refractivity contribution in [2.75, 3.05) is 18.8 Å². The van der Waals surface area contributed by atoms with Crippen molar-refractivity contribution < 1.29 is 4.79 Å². The van der Waals surface area contributed by atoms with Gasteiger partial charge in [0.15, 0.2) is 0 Å². The van der Waals surface area contributed by atoms with Crippen LogP contribution in [0.5, 0.6) is 0 Å². The quantitative estimate of drug-likeness (QED) is 0.810. The van der Waals surface area contributed by atoms with Crippen molar-refractivity contribution >= 4 is 11.7 Å². The van der Waals surface area contributed by atoms with Crippen LogP contribution in [0.4, 0.5) is 5.82 Å². The number of nitrogen functional groups attached to an aromatic ring is 1. The number of nitrogens with zero attached hydrogens (tertiary/aromatic N) is 3. The highest BCUT2D eigenvalue weighted by Gasteiger charge is 2.25. The lowest BCUT2D eigenvalue weighted by atomic mass is 10.3. The first-order valence-corrected chi connectivity index (χ1v) is 5.69. The molecule has 1 aliphatic rings. The van der Waals surface area contributed by atoms with Crippen LogP contribution in [-0.2, 0) is 4.79 Å². The largest absolute Gasteiger partial charge is 0.382 e. The zero-order valence-electron chi connectivity index (χ0n) is 9.81. The number of aromatic nitrogens is 2. The Bertz CT molecular complexity index is 373. The Balaban J connectivity index is 2.11. The molecule has 0 radical (unpaired) electrons. The Morgan fingerprint density at radius 3 is 2.62 bits per heavy atom. The second-order valence-electron chi connectivity index (χ2n) is 4.39. The molecule has 1 saturated heterocycles. The maximum absolute atomic E-state index is 12.1. The van der Waals surface area contributed by atoms with Gasteiger partial charge in [0.2, 0.25) is 5.91 Å². The fourth-order valence-electron chi connectivity index (χ4n) is 2.01. The number of anilines is 1. The smallest absolute Gasteiger partial charge is 0.247 e. The van der Waals surface area contributed by atoms with E-state index in [0.717, 1.165) is 31.5 Å². The lowest BCUT2D eigenvalue weighted by Crippen LogP contribution is -2.34. The van der Waals surface area contributed by atoms with Crippen LogP contribution < -0.4 is 5.73 Å². The topological polar surface area (TPSA) is 64.2 Å². The van der Waals surface area contributed by atoms with E-state index in [0.29, 0.717) is 5.82 Å². The van der Waals surface area contributed by atoms with Crippen molar-refractivity contribution in [3.05, 3.63) is 11.8 Å². The maximum atomic E-state index is 12.1. The van der Waals surface area contributed by atoms with Gasteiger partial charge in [-0.15, -0.1) is 0 Å². The van der Waals surface area contributed by atoms with E-state index >= 15 is 0 Å². The van der Waals surface area contributed by atoms with E-state index in [4.69, 9.17) is 5.73 Å². The minimum atomic E-state index is -0.255. The summed E-state index contributed by atoms with van der Waals surface area (Å²) in [6.45, 7) is 5.51. The Morgan fingerprint density at radius 1 is 1.50 bits per heavy atom. The Kier molecular flexibility index (Phi) is 2.85. The molecule has 0 saturated carbocycles. The average molecular weight is 222 g/mol. The van der Waals surface area contributed by atoms with Gasteiger partial charge in [0, 0.05) is 24.8 Å². The summed E-state index contributed by atoms with van der Waals surface area (Å²) in [6, 6.07) is -0.255. The van der Waals surface area contributed by atoms with E-state index in [-0.39, 0.29) is 11.9 Å². The SMILES string of the molecule is Cc1cn(C(C)C(=O)N2CCCC2)nc1N. The van der Waals surface area contributed by atoms with Crippen molar-refractivity contribution in [2.45, 2.75) is 32.7 Å². The van der Waals surface area contributed by atoms with Gasteiger partial charge in [-0.25, -0.2) is 0 Å². The number of carbonyl (C=O) groups is 1. The van der Waals surface area contributed by atoms with E-state index < -0.39 is 0 Å². The molecule has 1 fully saturated rings. The molecule has 1 aromatic rings. The summed E-state index contributed by atoms with van der Waals surface area (Å²) >= 11 is 0. The first-order chi connectivity index (χ1) is 7.59. The fourth-order valence-corrected chi connectivity index (χ4v) is 2.01. The van der Waals surface area contributed by atoms with Gasteiger partial charge >= 0.3 is 0 Å². The first-order valence-electron chi connectivity index (χ1n) is 5.69. The highest BCUT2D eigenvalue weighted by Crippen LogP contribution is 2.17. The summed E-state index contributed by atoms with van der Waals surface area (Å²) < 4.78 is 1.66. The Morgan fingerprint density at radius 2 is 2.12 bits per heavy atom. The molecule has 1 aromatic heterocycles. The molecular formula is C11H18N4O. The van der Waals surface area contributed by atoms with Gasteiger partial charge in [-0.3, -0.25) is 9.48 Å². The predicted molar refractivity (Wildman–Crippen MR) is 61.9 cm³/mol. The monoisotopic (exact) mass is 222 g/mol. The first kappa shape index (κ1) is 11.0. The summed E-state index contributed by atoms with van der Waals surface area (Å²) in [5.41, 5.74) is 6.59. The second-order valence-corrected chi connectivity index (χ2v) is 4.39. The third kappa shape index (κ3) is 1.89. The summed E-state index contributed by atoms with van der Waals surface area (Å²) in [4.78, 5) is 14.0. The normalized spacial score (nSPS) is 17.8. The van der Waals surface area contributed by atoms with E-state index in [1.54, 1.807) is 4.68 Å². The minimum Gasteiger partial charge on any atom is -0.382 e. The number of amides is 1. The van der Waals surface area contributed by atoms with Crippen molar-refractivity contribution in [2.24, 2.45) is 0 Å². The molecule has 88 valence electrons. The van der Waals surface area contributed by atoms with E-state index in [2.05, 4.69) is 5.10 Å². The number of rotatable bonds is 2. The van der Waals surface area contributed by atoms with E-state index in [9.17, 15) is 4.79 Å². The fraction of sp³-hybridized carbons (Fsp3) is 0.636. The molecule has 2 rings (SSSR count). The maximum Gasteiger partial charge on any atom is 0.247 e. The number of carbonyl (C=O) groups excluding carboxylic acids is 1. The van der Waals surface area contributed by atoms with Gasteiger partial charge in [-0.1, -0.05) is 0 Å². The average Bonchev–Trinajstić information content (AvgIpc) is 2.87. The molecule has 0 spiro atoms. The zero-order valence-corrected chi connectivity index (χ0v) is 9.81. The Hall–Kier alpha value is -1.52. The van der Waals surface area contributed by atoms with Gasteiger partial charge in [-0.2, -0.15) is 5.10 Å². The third-order valence-corrected chi connectivity index (χ3v) is 3.13. The molecular weight excluding hydrogens is 204 g/mol. The number of likely N-dealkylation sites (tertiary alicyclic amines) is 1. The summed E-state index contributed by atoms with van der Waals surface area (Å²) in [5.74, 6) is 0.640. The number of aryl methyl sites for hydroxylation is 1. The van der Waals surface area contributed by atoms with Gasteiger partial charge in [0.1, 0.15) is 11.9 Å². The summed E-state index contributed by atoms with van der Waals surface area (Å²) in [7, 11) is 0. The van der Waals surface area contributed by atoms with Crippen LogP contribution in [0.1, 0.15) is 31.4 Å². The van der Waals surface area contributed by atoms with Crippen LogP contribution in [0.3, 0.4) is 0 Å². The lowest BCUT2D eigenvalue weighted by Gasteiger charge is -2.20. The standard InChI is InChI=1S/C11H18N4O/c1-8-7-15(13-10(8)12)9(2)11(16)14-5-3-4-6-14/h7,9H,3-6H2,1-2H3,(H2,12,13). The molecule has 1 amide bonds. The van der Waals surface area contributed by atoms with Gasteiger partial charge in [-0.05, 0) is 26.7 Å². The highest BCUT2D eigenvalue weighted by atomic mass is 16.2. The molecule has 0 aliphatic carbocycles. The van der Waals surface area contributed by atoms with Crippen LogP contribution in [-0.4, -0.2) is 33.7 Å². The minimum absolute atomic E-state index is 0.139. The van der Waals surface area contributed by atoms with E-state index in [1.165, 1.54) is 0 Å². The summed E-state index contributed by atoms with van der Waals surface area (Å²) in [6.07, 6.45) is 4.05. The van der Waals surface area contributed by atoms with Crippen molar-refractivity contribution in [3.63, 3.8) is 0 Å². The molecule has 2 heterocycles. The second kappa shape index (κ2) is 4.15. The number of hydrogen-bond donors (Lipinski definition) is 1. The molecule has 1 atom stereocenters. The van der Waals surface area contributed by atoms with Crippen LogP contribution in [0.25, 0.3) is 0 Å². The molecule has 1 unspecified atom stereocenters. The summed E-state index contributed by atoms with van der Waals surface area (Å²) in [5, 5.41) is 4.15. The Labute approximate surface area is 95.2 Å². The third-order valence-electron chi connectivity index (χ3n) is 3.13. The van der Waals surface area contributed by atoms with Crippen LogP contribution in [0.2, 0.25) is 0 Å². The number of nitrogens with two attached hydrogens (primary N) is 1. The molecule has 5 heteroatoms. The van der Waals surface area contributed by atoms with Gasteiger partial charge in [0.25, 0.3) is 0 Å². The zero-order chi connectivity index (χ0) is 11.7. The van der Waals surface area contributed by atoms with Gasteiger partial charge in [0.05, 0.1) is 0 Å².